The van der Waals surface area contributed by atoms with E-state index in [1.807, 2.05) is 6.92 Å². The predicted molar refractivity (Wildman–Crippen MR) is 89.7 cm³/mol. The van der Waals surface area contributed by atoms with Crippen LogP contribution in [0.15, 0.2) is 42.5 Å². The lowest BCUT2D eigenvalue weighted by Crippen LogP contribution is -2.32. The largest absolute Gasteiger partial charge is 0.494 e. The Bertz CT molecular complexity index is 730. The van der Waals surface area contributed by atoms with Crippen LogP contribution in [0.3, 0.4) is 0 Å². The van der Waals surface area contributed by atoms with Crippen LogP contribution < -0.4 is 15.4 Å². The standard InChI is InChI=1S/C18H19FN2O3/c1-3-24-15-7-5-14(6-8-15)21-17(22)11-20-18(23)13-4-9-16(19)12(2)10-13/h4-10H,3,11H2,1-2H3,(H,20,23)(H,21,22). The maximum absolute atomic E-state index is 13.2. The Kier molecular flexibility index (Phi) is 5.89. The highest BCUT2D eigenvalue weighted by Gasteiger charge is 2.10. The maximum Gasteiger partial charge on any atom is 0.251 e. The molecule has 24 heavy (non-hydrogen) atoms. The molecule has 2 aromatic carbocycles. The van der Waals surface area contributed by atoms with Gasteiger partial charge in [0.15, 0.2) is 0 Å². The van der Waals surface area contributed by atoms with E-state index < -0.39 is 5.91 Å². The summed E-state index contributed by atoms with van der Waals surface area (Å²) < 4.78 is 18.5. The van der Waals surface area contributed by atoms with E-state index in [4.69, 9.17) is 4.74 Å². The van der Waals surface area contributed by atoms with Crippen molar-refractivity contribution in [3.8, 4) is 5.75 Å². The Morgan fingerprint density at radius 2 is 1.83 bits per heavy atom. The van der Waals surface area contributed by atoms with Crippen molar-refractivity contribution in [3.63, 3.8) is 0 Å². The van der Waals surface area contributed by atoms with Gasteiger partial charge in [0.1, 0.15) is 11.6 Å². The van der Waals surface area contributed by atoms with E-state index in [0.717, 1.165) is 5.75 Å². The van der Waals surface area contributed by atoms with Gasteiger partial charge < -0.3 is 15.4 Å². The lowest BCUT2D eigenvalue weighted by Gasteiger charge is -2.08. The molecule has 0 aromatic heterocycles. The van der Waals surface area contributed by atoms with Crippen molar-refractivity contribution in [2.75, 3.05) is 18.5 Å². The predicted octanol–water partition coefficient (Wildman–Crippen LogP) is 2.90. The molecule has 0 saturated heterocycles. The van der Waals surface area contributed by atoms with Gasteiger partial charge >= 0.3 is 0 Å². The summed E-state index contributed by atoms with van der Waals surface area (Å²) in [6, 6.07) is 11.0. The van der Waals surface area contributed by atoms with E-state index in [9.17, 15) is 14.0 Å². The number of rotatable bonds is 6. The first-order valence-corrected chi connectivity index (χ1v) is 7.56. The quantitative estimate of drug-likeness (QED) is 0.856. The number of nitrogens with one attached hydrogen (secondary N) is 2. The molecule has 0 aliphatic rings. The van der Waals surface area contributed by atoms with Crippen molar-refractivity contribution in [1.29, 1.82) is 0 Å². The minimum absolute atomic E-state index is 0.178. The number of hydrogen-bond donors (Lipinski definition) is 2. The molecule has 0 bridgehead atoms. The second-order valence-electron chi connectivity index (χ2n) is 5.15. The number of hydrogen-bond acceptors (Lipinski definition) is 3. The highest BCUT2D eigenvalue weighted by Crippen LogP contribution is 2.15. The summed E-state index contributed by atoms with van der Waals surface area (Å²) in [4.78, 5) is 23.8. The van der Waals surface area contributed by atoms with Crippen molar-refractivity contribution >= 4 is 17.5 Å². The number of ether oxygens (including phenoxy) is 1. The zero-order valence-electron chi connectivity index (χ0n) is 13.6. The summed E-state index contributed by atoms with van der Waals surface area (Å²) in [5, 5.41) is 5.17. The number of benzene rings is 2. The van der Waals surface area contributed by atoms with Gasteiger partial charge in [-0.2, -0.15) is 0 Å². The second kappa shape index (κ2) is 8.10. The summed E-state index contributed by atoms with van der Waals surface area (Å²) in [5.74, 6) is -0.443. The van der Waals surface area contributed by atoms with E-state index in [-0.39, 0.29) is 18.3 Å². The van der Waals surface area contributed by atoms with Gasteiger partial charge in [-0.3, -0.25) is 9.59 Å². The molecule has 2 aromatic rings. The van der Waals surface area contributed by atoms with E-state index in [0.29, 0.717) is 23.4 Å². The summed E-state index contributed by atoms with van der Waals surface area (Å²) in [6.07, 6.45) is 0. The molecule has 0 aliphatic carbocycles. The van der Waals surface area contributed by atoms with Crippen LogP contribution in [0.25, 0.3) is 0 Å². The number of anilines is 1. The minimum Gasteiger partial charge on any atom is -0.494 e. The van der Waals surface area contributed by atoms with Crippen LogP contribution in [0.2, 0.25) is 0 Å². The zero-order chi connectivity index (χ0) is 17.5. The first kappa shape index (κ1) is 17.5. The fourth-order valence-electron chi connectivity index (χ4n) is 2.05. The molecule has 0 unspecified atom stereocenters. The van der Waals surface area contributed by atoms with Crippen molar-refractivity contribution in [3.05, 3.63) is 59.4 Å². The van der Waals surface area contributed by atoms with Crippen molar-refractivity contribution in [2.24, 2.45) is 0 Å². The maximum atomic E-state index is 13.2. The van der Waals surface area contributed by atoms with Crippen LogP contribution in [0.5, 0.6) is 5.75 Å². The van der Waals surface area contributed by atoms with Gasteiger partial charge in [-0.25, -0.2) is 4.39 Å². The van der Waals surface area contributed by atoms with E-state index in [1.54, 1.807) is 31.2 Å². The van der Waals surface area contributed by atoms with Crippen LogP contribution in [0.4, 0.5) is 10.1 Å². The third-order valence-corrected chi connectivity index (χ3v) is 3.28. The Labute approximate surface area is 139 Å². The van der Waals surface area contributed by atoms with Crippen molar-refractivity contribution in [2.45, 2.75) is 13.8 Å². The lowest BCUT2D eigenvalue weighted by atomic mass is 10.1. The van der Waals surface area contributed by atoms with E-state index in [2.05, 4.69) is 10.6 Å². The first-order valence-electron chi connectivity index (χ1n) is 7.56. The summed E-state index contributed by atoms with van der Waals surface area (Å²) >= 11 is 0. The molecule has 2 rings (SSSR count). The molecular weight excluding hydrogens is 311 g/mol. The summed E-state index contributed by atoms with van der Waals surface area (Å²) in [5.41, 5.74) is 1.29. The number of halogens is 1. The fourth-order valence-corrected chi connectivity index (χ4v) is 2.05. The molecule has 0 fully saturated rings. The van der Waals surface area contributed by atoms with Gasteiger partial charge in [0.2, 0.25) is 5.91 Å². The van der Waals surface area contributed by atoms with E-state index in [1.165, 1.54) is 18.2 Å². The van der Waals surface area contributed by atoms with Crippen LogP contribution in [-0.4, -0.2) is 25.0 Å². The Hall–Kier alpha value is -2.89. The molecule has 0 saturated carbocycles. The molecule has 0 radical (unpaired) electrons. The average molecular weight is 330 g/mol. The third-order valence-electron chi connectivity index (χ3n) is 3.28. The molecule has 0 aliphatic heterocycles. The molecule has 2 N–H and O–H groups in total. The van der Waals surface area contributed by atoms with Crippen molar-refractivity contribution in [1.82, 2.24) is 5.32 Å². The Morgan fingerprint density at radius 3 is 2.46 bits per heavy atom. The Morgan fingerprint density at radius 1 is 1.12 bits per heavy atom. The highest BCUT2D eigenvalue weighted by molar-refractivity contribution is 5.99. The molecule has 0 spiro atoms. The average Bonchev–Trinajstić information content (AvgIpc) is 2.57. The topological polar surface area (TPSA) is 67.4 Å². The Balaban J connectivity index is 1.86. The van der Waals surface area contributed by atoms with Crippen LogP contribution in [0, 0.1) is 12.7 Å². The van der Waals surface area contributed by atoms with Crippen molar-refractivity contribution < 1.29 is 18.7 Å². The summed E-state index contributed by atoms with van der Waals surface area (Å²) in [7, 11) is 0. The summed E-state index contributed by atoms with van der Waals surface area (Å²) in [6.45, 7) is 3.86. The smallest absolute Gasteiger partial charge is 0.251 e. The van der Waals surface area contributed by atoms with Crippen LogP contribution in [-0.2, 0) is 4.79 Å². The van der Waals surface area contributed by atoms with Crippen LogP contribution >= 0.6 is 0 Å². The number of carbonyl (C=O) groups excluding carboxylic acids is 2. The molecule has 5 nitrogen and oxygen atoms in total. The fraction of sp³-hybridized carbons (Fsp3) is 0.222. The van der Waals surface area contributed by atoms with E-state index >= 15 is 0 Å². The SMILES string of the molecule is CCOc1ccc(NC(=O)CNC(=O)c2ccc(F)c(C)c2)cc1. The van der Waals surface area contributed by atoms with Gasteiger partial charge in [-0.05, 0) is 61.9 Å². The molecular formula is C18H19FN2O3. The highest BCUT2D eigenvalue weighted by atomic mass is 19.1. The number of aryl methyl sites for hydroxylation is 1. The van der Waals surface area contributed by atoms with Gasteiger partial charge in [0, 0.05) is 11.3 Å². The molecule has 126 valence electrons. The third kappa shape index (κ3) is 4.81. The first-order chi connectivity index (χ1) is 11.5. The van der Waals surface area contributed by atoms with Gasteiger partial charge in [0.25, 0.3) is 5.91 Å². The van der Waals surface area contributed by atoms with Gasteiger partial charge in [0.05, 0.1) is 13.2 Å². The van der Waals surface area contributed by atoms with Gasteiger partial charge in [-0.1, -0.05) is 0 Å². The molecule has 2 amide bonds. The monoisotopic (exact) mass is 330 g/mol. The lowest BCUT2D eigenvalue weighted by molar-refractivity contribution is -0.115. The molecule has 0 heterocycles. The second-order valence-corrected chi connectivity index (χ2v) is 5.15. The molecule has 6 heteroatoms. The zero-order valence-corrected chi connectivity index (χ0v) is 13.6. The van der Waals surface area contributed by atoms with Crippen LogP contribution in [0.1, 0.15) is 22.8 Å². The normalized spacial score (nSPS) is 10.1. The molecule has 0 atom stereocenters. The van der Waals surface area contributed by atoms with Gasteiger partial charge in [-0.15, -0.1) is 0 Å². The number of amides is 2. The number of carbonyl (C=O) groups is 2. The minimum atomic E-state index is -0.431.